The first kappa shape index (κ1) is 30.6. The predicted octanol–water partition coefficient (Wildman–Crippen LogP) is 7.45. The Kier molecular flexibility index (Phi) is 7.90. The highest BCUT2D eigenvalue weighted by Gasteiger charge is 2.70. The third kappa shape index (κ3) is 4.53. The van der Waals surface area contributed by atoms with Gasteiger partial charge in [0, 0.05) is 18.5 Å². The van der Waals surface area contributed by atoms with Crippen molar-refractivity contribution in [3.8, 4) is 0 Å². The van der Waals surface area contributed by atoms with Gasteiger partial charge < -0.3 is 15.6 Å². The molecule has 11 atom stereocenters. The Balaban J connectivity index is 1.45. The number of aliphatic hydroxyl groups excluding tert-OH is 1. The molecule has 0 aliphatic heterocycles. The minimum absolute atomic E-state index is 0.0186. The van der Waals surface area contributed by atoms with Crippen molar-refractivity contribution in [3.63, 3.8) is 0 Å². The van der Waals surface area contributed by atoms with Crippen LogP contribution in [-0.2, 0) is 14.3 Å². The molecule has 6 aliphatic carbocycles. The Morgan fingerprint density at radius 1 is 0.929 bits per heavy atom. The van der Waals surface area contributed by atoms with Gasteiger partial charge in [-0.2, -0.15) is 0 Å². The number of Topliss-reactive ketones (excluding diaryl/α,β-unsaturated/α-hetero) is 1. The van der Waals surface area contributed by atoms with Crippen LogP contribution in [0, 0.1) is 45.8 Å². The monoisotopic (exact) mass is 579 g/mol. The van der Waals surface area contributed by atoms with E-state index in [1.165, 1.54) is 39.0 Å². The number of hydrogen-bond donors (Lipinski definition) is 2. The highest BCUT2D eigenvalue weighted by Crippen LogP contribution is 2.74. The number of aliphatic hydroxyl groups is 1. The predicted molar refractivity (Wildman–Crippen MR) is 166 cm³/mol. The maximum Gasteiger partial charge on any atom is 0.303 e. The first-order chi connectivity index (χ1) is 19.8. The normalized spacial score (nSPS) is 48.3. The third-order valence-electron chi connectivity index (χ3n) is 14.4. The van der Waals surface area contributed by atoms with Gasteiger partial charge in [-0.15, -0.1) is 0 Å². The molecule has 0 heterocycles. The van der Waals surface area contributed by atoms with E-state index in [1.807, 2.05) is 0 Å². The SMILES string of the molecule is CC(=O)O[C@H]1C[C@@]2(C)[C@@H](C[C@H](N)[C@H]3[C@@]4(C)CC[C@@H](O)[C@@H](C)[C@@H]4CC[C@@]32C)/C1=C(/C(C)=O)C1CCCC(=C2CCCC2)C1. The van der Waals surface area contributed by atoms with E-state index in [-0.39, 0.29) is 64.0 Å². The van der Waals surface area contributed by atoms with Crippen molar-refractivity contribution >= 4 is 11.8 Å². The Bertz CT molecular complexity index is 1180. The maximum atomic E-state index is 13.7. The van der Waals surface area contributed by atoms with Gasteiger partial charge in [-0.3, -0.25) is 9.59 Å². The van der Waals surface area contributed by atoms with Gasteiger partial charge >= 0.3 is 5.97 Å². The Morgan fingerprint density at radius 2 is 1.62 bits per heavy atom. The molecule has 3 N–H and O–H groups in total. The van der Waals surface area contributed by atoms with Crippen LogP contribution in [0.3, 0.4) is 0 Å². The first-order valence-electron chi connectivity index (χ1n) is 17.4. The summed E-state index contributed by atoms with van der Waals surface area (Å²) >= 11 is 0. The van der Waals surface area contributed by atoms with Crippen molar-refractivity contribution in [3.05, 3.63) is 22.3 Å². The van der Waals surface area contributed by atoms with E-state index >= 15 is 0 Å². The smallest absolute Gasteiger partial charge is 0.303 e. The van der Waals surface area contributed by atoms with E-state index in [2.05, 4.69) is 27.7 Å². The van der Waals surface area contributed by atoms with E-state index in [0.717, 1.165) is 68.9 Å². The summed E-state index contributed by atoms with van der Waals surface area (Å²) in [6.45, 7) is 13.0. The number of esters is 1. The molecule has 0 spiro atoms. The number of hydrogen-bond acceptors (Lipinski definition) is 5. The number of rotatable bonds is 3. The minimum Gasteiger partial charge on any atom is -0.458 e. The van der Waals surface area contributed by atoms with Crippen molar-refractivity contribution in [1.82, 2.24) is 0 Å². The quantitative estimate of drug-likeness (QED) is 0.206. The molecule has 0 aromatic carbocycles. The third-order valence-corrected chi connectivity index (χ3v) is 14.4. The van der Waals surface area contributed by atoms with Gasteiger partial charge in [0.2, 0.25) is 0 Å². The summed E-state index contributed by atoms with van der Waals surface area (Å²) in [6, 6.07) is 0.0186. The summed E-state index contributed by atoms with van der Waals surface area (Å²) < 4.78 is 6.22. The van der Waals surface area contributed by atoms with Crippen LogP contribution in [0.4, 0.5) is 0 Å². The number of allylic oxidation sites excluding steroid dienone is 3. The van der Waals surface area contributed by atoms with Gasteiger partial charge in [0.15, 0.2) is 5.78 Å². The van der Waals surface area contributed by atoms with E-state index < -0.39 is 0 Å². The first-order valence-corrected chi connectivity index (χ1v) is 17.4. The van der Waals surface area contributed by atoms with Crippen LogP contribution in [0.2, 0.25) is 0 Å². The number of fused-ring (bicyclic) bond motifs is 5. The molecule has 234 valence electrons. The van der Waals surface area contributed by atoms with Crippen LogP contribution < -0.4 is 5.73 Å². The standard InChI is InChI=1S/C37H57NO4/c1-21-27-14-17-36(5)34(35(27,4)16-15-30(21)41)29(38)19-28-33(31(42-23(3)40)20-37(28,36)6)32(22(2)39)26-13-9-12-25(18-26)24-10-7-8-11-24/h21,26-31,34,41H,7-20,38H2,1-6H3/b33-32+/t21-,26?,27-,28-,29-,30+,31-,34-,35-,36-,37-/m0/s1. The fraction of sp³-hybridized carbons (Fsp3) is 0.838. The highest BCUT2D eigenvalue weighted by atomic mass is 16.5. The van der Waals surface area contributed by atoms with Crippen molar-refractivity contribution in [2.24, 2.45) is 51.6 Å². The second kappa shape index (κ2) is 10.9. The molecule has 0 radical (unpaired) electrons. The number of carbonyl (C=O) groups is 2. The molecule has 6 fully saturated rings. The summed E-state index contributed by atoms with van der Waals surface area (Å²) in [7, 11) is 0. The van der Waals surface area contributed by atoms with Crippen molar-refractivity contribution in [2.75, 3.05) is 0 Å². The van der Waals surface area contributed by atoms with Crippen LogP contribution >= 0.6 is 0 Å². The van der Waals surface area contributed by atoms with Gasteiger partial charge in [0.25, 0.3) is 0 Å². The number of ether oxygens (including phenoxy) is 1. The second-order valence-corrected chi connectivity index (χ2v) is 16.3. The van der Waals surface area contributed by atoms with E-state index in [0.29, 0.717) is 11.8 Å². The fourth-order valence-corrected chi connectivity index (χ4v) is 12.5. The highest BCUT2D eigenvalue weighted by molar-refractivity contribution is 5.95. The lowest BCUT2D eigenvalue weighted by molar-refractivity contribution is -0.204. The van der Waals surface area contributed by atoms with Crippen LogP contribution in [0.5, 0.6) is 0 Å². The number of carbonyl (C=O) groups excluding carboxylic acids is 2. The summed E-state index contributed by atoms with van der Waals surface area (Å²) in [6.07, 6.45) is 14.5. The van der Waals surface area contributed by atoms with Crippen LogP contribution in [0.25, 0.3) is 0 Å². The Labute approximate surface area is 254 Å². The molecule has 42 heavy (non-hydrogen) atoms. The number of ketones is 1. The average molecular weight is 580 g/mol. The molecule has 5 heteroatoms. The Morgan fingerprint density at radius 3 is 2.29 bits per heavy atom. The van der Waals surface area contributed by atoms with Gasteiger partial charge in [-0.25, -0.2) is 0 Å². The fourth-order valence-electron chi connectivity index (χ4n) is 12.5. The van der Waals surface area contributed by atoms with E-state index in [4.69, 9.17) is 10.5 Å². The van der Waals surface area contributed by atoms with Gasteiger partial charge in [-0.05, 0) is 148 Å². The second-order valence-electron chi connectivity index (χ2n) is 16.3. The summed E-state index contributed by atoms with van der Waals surface area (Å²) in [5.41, 5.74) is 12.7. The summed E-state index contributed by atoms with van der Waals surface area (Å²) in [5.74, 6) is 1.38. The lowest BCUT2D eigenvalue weighted by Crippen LogP contribution is -2.67. The molecule has 6 saturated carbocycles. The molecule has 0 bridgehead atoms. The van der Waals surface area contributed by atoms with Gasteiger partial charge in [-0.1, -0.05) is 38.8 Å². The van der Waals surface area contributed by atoms with Crippen molar-refractivity contribution in [1.29, 1.82) is 0 Å². The molecule has 0 aromatic rings. The molecule has 1 unspecified atom stereocenters. The molecule has 5 nitrogen and oxygen atoms in total. The maximum absolute atomic E-state index is 13.7. The van der Waals surface area contributed by atoms with E-state index in [1.54, 1.807) is 18.1 Å². The molecule has 6 rings (SSSR count). The zero-order valence-electron chi connectivity index (χ0n) is 27.3. The summed E-state index contributed by atoms with van der Waals surface area (Å²) in [5, 5.41) is 10.8. The van der Waals surface area contributed by atoms with E-state index in [9.17, 15) is 14.7 Å². The zero-order valence-corrected chi connectivity index (χ0v) is 27.3. The molecular formula is C37H57NO4. The molecule has 6 aliphatic rings. The topological polar surface area (TPSA) is 89.6 Å². The lowest BCUT2D eigenvalue weighted by atomic mass is 9.36. The van der Waals surface area contributed by atoms with Crippen molar-refractivity contribution in [2.45, 2.75) is 150 Å². The van der Waals surface area contributed by atoms with Crippen LogP contribution in [0.1, 0.15) is 131 Å². The zero-order chi connectivity index (χ0) is 30.2. The average Bonchev–Trinajstić information content (AvgIpc) is 3.55. The minimum atomic E-state index is -0.346. The van der Waals surface area contributed by atoms with Crippen LogP contribution in [-0.4, -0.2) is 35.1 Å². The Hall–Kier alpha value is -1.46. The van der Waals surface area contributed by atoms with Crippen LogP contribution in [0.15, 0.2) is 22.3 Å². The van der Waals surface area contributed by atoms with Gasteiger partial charge in [0.05, 0.1) is 6.10 Å². The summed E-state index contributed by atoms with van der Waals surface area (Å²) in [4.78, 5) is 26.3. The molecule has 0 aromatic heterocycles. The molecule has 0 amide bonds. The number of nitrogens with two attached hydrogens (primary N) is 1. The molecule has 0 saturated heterocycles. The van der Waals surface area contributed by atoms with Crippen molar-refractivity contribution < 1.29 is 19.4 Å². The lowest BCUT2D eigenvalue weighted by Gasteiger charge is -2.69. The van der Waals surface area contributed by atoms with Gasteiger partial charge in [0.1, 0.15) is 6.10 Å². The molecular weight excluding hydrogens is 522 g/mol. The largest absolute Gasteiger partial charge is 0.458 e.